The Morgan fingerprint density at radius 1 is 0.913 bits per heavy atom. The highest BCUT2D eigenvalue weighted by atomic mass is 16.8. The molecule has 0 aliphatic carbocycles. The fourth-order valence-electron chi connectivity index (χ4n) is 5.06. The number of ether oxygens (including phenoxy) is 5. The second-order valence-electron chi connectivity index (χ2n) is 10.8. The number of carbonyl (C=O) groups is 3. The second-order valence-corrected chi connectivity index (χ2v) is 10.8. The molecule has 13 N–H and O–H groups in total. The number of rotatable bonds is 16. The number of carbonyl (C=O) groups excluding carboxylic acids is 2. The first kappa shape index (κ1) is 40.0. The number of hydrogen-bond acceptors (Lipinski definition) is 19. The SMILES string of the molecule is CC(=O)N[C@H]1[C@H]([C@H](O)[C@H](O)CO)O[C@@](O[C@H]2[C@@H](O)[C@@H](CO)O[C@@H](O[C@@H]([C@H](O)[C@@H](O)CO)[C@H](O)CO)[C@@H]2O)(C(=O)O)C[C@@H]1OC(C)=O. The van der Waals surface area contributed by atoms with E-state index < -0.39 is 142 Å². The molecule has 15 atom stereocenters. The molecule has 0 aromatic carbocycles. The number of aliphatic hydroxyl groups is 11. The third-order valence-corrected chi connectivity index (χ3v) is 7.41. The van der Waals surface area contributed by atoms with Crippen LogP contribution in [0.15, 0.2) is 0 Å². The highest BCUT2D eigenvalue weighted by Crippen LogP contribution is 2.38. The van der Waals surface area contributed by atoms with E-state index in [-0.39, 0.29) is 0 Å². The van der Waals surface area contributed by atoms with Gasteiger partial charge in [-0.15, -0.1) is 0 Å². The minimum absolute atomic E-state index is 0.778. The van der Waals surface area contributed by atoms with Crippen LogP contribution in [0.2, 0.25) is 0 Å². The Morgan fingerprint density at radius 3 is 1.98 bits per heavy atom. The molecule has 2 heterocycles. The van der Waals surface area contributed by atoms with Crippen LogP contribution in [0.25, 0.3) is 0 Å². The van der Waals surface area contributed by atoms with Gasteiger partial charge in [0, 0.05) is 13.8 Å². The standard InChI is InChI=1S/C25H43NO20/c1-8(31)26-15-13(42-9(2)32)3-25(24(40)41,45-21(15)17(37)11(34)5-28)46-22-18(38)14(7-30)43-23(19(22)39)44-20(12(35)6-29)16(36)10(33)4-27/h10-23,27-30,33-39H,3-7H2,1-2H3,(H,26,31)(H,40,41)/t10-,11+,12+,13-,14+,15+,16+,17+,18-,19+,20+,21+,22-,23-,25-/m0/s1. The number of esters is 1. The molecular formula is C25H43NO20. The Bertz CT molecular complexity index is 1000. The van der Waals surface area contributed by atoms with E-state index in [1.807, 2.05) is 0 Å². The molecule has 0 aromatic rings. The first-order chi connectivity index (χ1) is 21.5. The fraction of sp³-hybridized carbons (Fsp3) is 0.880. The van der Waals surface area contributed by atoms with Crippen LogP contribution in [-0.4, -0.2) is 197 Å². The van der Waals surface area contributed by atoms with Crippen molar-refractivity contribution in [2.75, 3.05) is 26.4 Å². The molecule has 2 aliphatic rings. The predicted molar refractivity (Wildman–Crippen MR) is 142 cm³/mol. The fourth-order valence-corrected chi connectivity index (χ4v) is 5.06. The van der Waals surface area contributed by atoms with Crippen molar-refractivity contribution in [2.24, 2.45) is 0 Å². The van der Waals surface area contributed by atoms with E-state index in [9.17, 15) is 75.7 Å². The van der Waals surface area contributed by atoms with Crippen LogP contribution in [0.1, 0.15) is 20.3 Å². The Hall–Kier alpha value is -2.19. The van der Waals surface area contributed by atoms with Crippen molar-refractivity contribution in [3.8, 4) is 0 Å². The van der Waals surface area contributed by atoms with E-state index in [0.29, 0.717) is 0 Å². The van der Waals surface area contributed by atoms with Gasteiger partial charge in [0.15, 0.2) is 6.29 Å². The van der Waals surface area contributed by atoms with E-state index in [1.54, 1.807) is 0 Å². The molecule has 268 valence electrons. The summed E-state index contributed by atoms with van der Waals surface area (Å²) in [6.45, 7) is -2.30. The number of nitrogens with one attached hydrogen (secondary N) is 1. The molecule has 21 nitrogen and oxygen atoms in total. The van der Waals surface area contributed by atoms with Gasteiger partial charge >= 0.3 is 11.9 Å². The summed E-state index contributed by atoms with van der Waals surface area (Å²) in [6.07, 6.45) is -27.4. The normalized spacial score (nSPS) is 35.7. The largest absolute Gasteiger partial charge is 0.477 e. The lowest BCUT2D eigenvalue weighted by Crippen LogP contribution is -2.71. The first-order valence-electron chi connectivity index (χ1n) is 14.0. The summed E-state index contributed by atoms with van der Waals surface area (Å²) < 4.78 is 27.0. The maximum atomic E-state index is 12.8. The van der Waals surface area contributed by atoms with Crippen molar-refractivity contribution in [3.05, 3.63) is 0 Å². The van der Waals surface area contributed by atoms with Crippen LogP contribution < -0.4 is 5.32 Å². The third-order valence-electron chi connectivity index (χ3n) is 7.41. The summed E-state index contributed by atoms with van der Waals surface area (Å²) in [6, 6.07) is -1.56. The second kappa shape index (κ2) is 17.3. The Balaban J connectivity index is 2.59. The minimum Gasteiger partial charge on any atom is -0.477 e. The topological polar surface area (TPSA) is 352 Å². The van der Waals surface area contributed by atoms with Crippen molar-refractivity contribution >= 4 is 17.8 Å². The molecule has 2 fully saturated rings. The lowest BCUT2D eigenvalue weighted by Gasteiger charge is -2.50. The molecule has 0 bridgehead atoms. The lowest BCUT2D eigenvalue weighted by atomic mass is 9.87. The molecule has 1 amide bonds. The van der Waals surface area contributed by atoms with Gasteiger partial charge in [0.2, 0.25) is 5.91 Å². The summed E-state index contributed by atoms with van der Waals surface area (Å²) in [7, 11) is 0. The van der Waals surface area contributed by atoms with Gasteiger partial charge in [-0.25, -0.2) is 4.79 Å². The van der Waals surface area contributed by atoms with Crippen LogP contribution in [-0.2, 0) is 38.1 Å². The monoisotopic (exact) mass is 677 g/mol. The summed E-state index contributed by atoms with van der Waals surface area (Å²) in [5.74, 6) is -6.89. The van der Waals surface area contributed by atoms with Crippen molar-refractivity contribution in [2.45, 2.75) is 112 Å². The number of carboxylic acid groups (broad SMARTS) is 1. The number of hydrogen-bond donors (Lipinski definition) is 13. The van der Waals surface area contributed by atoms with Crippen molar-refractivity contribution in [1.29, 1.82) is 0 Å². The maximum absolute atomic E-state index is 12.8. The average molecular weight is 678 g/mol. The maximum Gasteiger partial charge on any atom is 0.364 e. The highest BCUT2D eigenvalue weighted by Gasteiger charge is 2.60. The number of carboxylic acids is 1. The molecule has 21 heteroatoms. The third kappa shape index (κ3) is 9.24. The quantitative estimate of drug-likeness (QED) is 0.0674. The first-order valence-corrected chi connectivity index (χ1v) is 14.0. The Labute approximate surface area is 261 Å². The van der Waals surface area contributed by atoms with E-state index in [4.69, 9.17) is 23.7 Å². The predicted octanol–water partition coefficient (Wildman–Crippen LogP) is -8.02. The molecule has 2 aliphatic heterocycles. The number of aliphatic carboxylic acids is 1. The number of amides is 1. The molecule has 2 rings (SSSR count). The van der Waals surface area contributed by atoms with Gasteiger partial charge in [0.1, 0.15) is 73.2 Å². The van der Waals surface area contributed by atoms with Gasteiger partial charge in [-0.3, -0.25) is 9.59 Å². The van der Waals surface area contributed by atoms with Crippen LogP contribution in [0.3, 0.4) is 0 Å². The Morgan fingerprint density at radius 2 is 1.50 bits per heavy atom. The van der Waals surface area contributed by atoms with Crippen molar-refractivity contribution < 1.29 is 99.3 Å². The van der Waals surface area contributed by atoms with E-state index >= 15 is 0 Å². The average Bonchev–Trinajstić information content (AvgIpc) is 3.01. The van der Waals surface area contributed by atoms with Crippen molar-refractivity contribution in [1.82, 2.24) is 5.32 Å². The molecular weight excluding hydrogens is 634 g/mol. The van der Waals surface area contributed by atoms with Gasteiger partial charge in [0.05, 0.1) is 38.9 Å². The zero-order chi connectivity index (χ0) is 35.1. The summed E-state index contributed by atoms with van der Waals surface area (Å²) in [4.78, 5) is 36.7. The summed E-state index contributed by atoms with van der Waals surface area (Å²) in [5, 5.41) is 124. The summed E-state index contributed by atoms with van der Waals surface area (Å²) >= 11 is 0. The van der Waals surface area contributed by atoms with Gasteiger partial charge < -0.3 is 90.3 Å². The van der Waals surface area contributed by atoms with Gasteiger partial charge in [-0.05, 0) is 0 Å². The van der Waals surface area contributed by atoms with Crippen LogP contribution >= 0.6 is 0 Å². The van der Waals surface area contributed by atoms with Gasteiger partial charge in [-0.1, -0.05) is 0 Å². The van der Waals surface area contributed by atoms with E-state index in [1.165, 1.54) is 0 Å². The van der Waals surface area contributed by atoms with Crippen molar-refractivity contribution in [3.63, 3.8) is 0 Å². The minimum atomic E-state index is -3.10. The highest BCUT2D eigenvalue weighted by molar-refractivity contribution is 5.77. The molecule has 46 heavy (non-hydrogen) atoms. The number of aliphatic hydroxyl groups excluding tert-OH is 11. The smallest absolute Gasteiger partial charge is 0.364 e. The molecule has 0 unspecified atom stereocenters. The Kier molecular flexibility index (Phi) is 15.0. The van der Waals surface area contributed by atoms with Gasteiger partial charge in [-0.2, -0.15) is 0 Å². The molecule has 0 radical (unpaired) electrons. The van der Waals surface area contributed by atoms with E-state index in [2.05, 4.69) is 5.32 Å². The zero-order valence-electron chi connectivity index (χ0n) is 24.8. The molecule has 0 saturated carbocycles. The molecule has 0 spiro atoms. The van der Waals surface area contributed by atoms with Crippen LogP contribution in [0, 0.1) is 0 Å². The van der Waals surface area contributed by atoms with Crippen LogP contribution in [0.5, 0.6) is 0 Å². The zero-order valence-corrected chi connectivity index (χ0v) is 24.8. The molecule has 2 saturated heterocycles. The van der Waals surface area contributed by atoms with E-state index in [0.717, 1.165) is 13.8 Å². The lowest BCUT2D eigenvalue weighted by molar-refractivity contribution is -0.377. The van der Waals surface area contributed by atoms with Gasteiger partial charge in [0.25, 0.3) is 5.79 Å². The molecule has 0 aromatic heterocycles. The van der Waals surface area contributed by atoms with Crippen LogP contribution in [0.4, 0.5) is 0 Å². The summed E-state index contributed by atoms with van der Waals surface area (Å²) in [5.41, 5.74) is 0.